The van der Waals surface area contributed by atoms with Crippen LogP contribution in [0.4, 0.5) is 5.69 Å². The van der Waals surface area contributed by atoms with E-state index in [4.69, 9.17) is 0 Å². The minimum atomic E-state index is -0.783. The standard InChI is InChI=1S/C19H21N3O2/c1-14-8-12-17(13-9-14)20-18(23)19(24)22-21-15(2)10-11-16-6-4-3-5-7-16/h3-9,12-13H,10-11H2,1-2H3,(H,20,23)(H,22,24). The van der Waals surface area contributed by atoms with Crippen molar-refractivity contribution in [3.63, 3.8) is 0 Å². The van der Waals surface area contributed by atoms with Gasteiger partial charge in [-0.1, -0.05) is 48.0 Å². The molecule has 2 N–H and O–H groups in total. The third-order valence-corrected chi connectivity index (χ3v) is 3.48. The molecule has 0 aromatic heterocycles. The number of amides is 2. The first-order valence-electron chi connectivity index (χ1n) is 7.79. The van der Waals surface area contributed by atoms with Crippen LogP contribution in [0.15, 0.2) is 59.7 Å². The molecule has 0 aliphatic carbocycles. The summed E-state index contributed by atoms with van der Waals surface area (Å²) in [5.74, 6) is -1.52. The number of carbonyl (C=O) groups excluding carboxylic acids is 2. The maximum atomic E-state index is 11.8. The summed E-state index contributed by atoms with van der Waals surface area (Å²) < 4.78 is 0. The second-order valence-corrected chi connectivity index (χ2v) is 5.59. The number of nitrogens with zero attached hydrogens (tertiary/aromatic N) is 1. The van der Waals surface area contributed by atoms with Gasteiger partial charge >= 0.3 is 11.8 Å². The van der Waals surface area contributed by atoms with Crippen molar-refractivity contribution in [2.75, 3.05) is 5.32 Å². The summed E-state index contributed by atoms with van der Waals surface area (Å²) in [6, 6.07) is 17.2. The highest BCUT2D eigenvalue weighted by Crippen LogP contribution is 2.08. The van der Waals surface area contributed by atoms with Crippen molar-refractivity contribution < 1.29 is 9.59 Å². The number of rotatable bonds is 5. The molecule has 5 nitrogen and oxygen atoms in total. The Morgan fingerprint density at radius 2 is 1.62 bits per heavy atom. The van der Waals surface area contributed by atoms with Crippen LogP contribution < -0.4 is 10.7 Å². The Labute approximate surface area is 141 Å². The number of aryl methyl sites for hydroxylation is 2. The molecule has 0 fully saturated rings. The lowest BCUT2D eigenvalue weighted by Gasteiger charge is -2.05. The number of hydrogen-bond donors (Lipinski definition) is 2. The van der Waals surface area contributed by atoms with Crippen molar-refractivity contribution in [3.05, 3.63) is 65.7 Å². The average Bonchev–Trinajstić information content (AvgIpc) is 2.60. The number of carbonyl (C=O) groups is 2. The molecule has 124 valence electrons. The smallest absolute Gasteiger partial charge is 0.318 e. The minimum absolute atomic E-state index is 0.575. The molecular formula is C19H21N3O2. The van der Waals surface area contributed by atoms with E-state index < -0.39 is 11.8 Å². The van der Waals surface area contributed by atoms with Crippen LogP contribution in [0.3, 0.4) is 0 Å². The fraction of sp³-hybridized carbons (Fsp3) is 0.211. The quantitative estimate of drug-likeness (QED) is 0.504. The molecule has 0 saturated heterocycles. The first-order chi connectivity index (χ1) is 11.5. The molecule has 0 unspecified atom stereocenters. The van der Waals surface area contributed by atoms with E-state index in [1.54, 1.807) is 12.1 Å². The Morgan fingerprint density at radius 3 is 2.29 bits per heavy atom. The summed E-state index contributed by atoms with van der Waals surface area (Å²) in [7, 11) is 0. The Morgan fingerprint density at radius 1 is 0.958 bits per heavy atom. The number of benzene rings is 2. The highest BCUT2D eigenvalue weighted by molar-refractivity contribution is 6.39. The van der Waals surface area contributed by atoms with Gasteiger partial charge in [0.2, 0.25) is 0 Å². The lowest BCUT2D eigenvalue weighted by atomic mass is 10.1. The predicted molar refractivity (Wildman–Crippen MR) is 95.8 cm³/mol. The van der Waals surface area contributed by atoms with Gasteiger partial charge in [0.1, 0.15) is 0 Å². The van der Waals surface area contributed by atoms with Crippen molar-refractivity contribution in [3.8, 4) is 0 Å². The number of hydrogen-bond acceptors (Lipinski definition) is 3. The van der Waals surface area contributed by atoms with E-state index >= 15 is 0 Å². The van der Waals surface area contributed by atoms with Crippen LogP contribution in [0.2, 0.25) is 0 Å². The number of anilines is 1. The second-order valence-electron chi connectivity index (χ2n) is 5.59. The summed E-state index contributed by atoms with van der Waals surface area (Å²) in [5.41, 5.74) is 5.91. The van der Waals surface area contributed by atoms with E-state index in [-0.39, 0.29) is 0 Å². The van der Waals surface area contributed by atoms with E-state index in [1.165, 1.54) is 5.56 Å². The van der Waals surface area contributed by atoms with Gasteiger partial charge in [0, 0.05) is 11.4 Å². The summed E-state index contributed by atoms with van der Waals surface area (Å²) >= 11 is 0. The van der Waals surface area contributed by atoms with E-state index in [1.807, 2.05) is 56.3 Å². The maximum Gasteiger partial charge on any atom is 0.329 e. The molecule has 2 aromatic carbocycles. The Balaban J connectivity index is 1.80. The first kappa shape index (κ1) is 17.4. The lowest BCUT2D eigenvalue weighted by molar-refractivity contribution is -0.136. The van der Waals surface area contributed by atoms with Gasteiger partial charge in [-0.15, -0.1) is 0 Å². The Kier molecular flexibility index (Phi) is 6.25. The van der Waals surface area contributed by atoms with Crippen LogP contribution in [-0.2, 0) is 16.0 Å². The minimum Gasteiger partial charge on any atom is -0.318 e. The molecule has 0 aliphatic heterocycles. The number of nitrogens with one attached hydrogen (secondary N) is 2. The van der Waals surface area contributed by atoms with Gasteiger partial charge in [-0.2, -0.15) is 5.10 Å². The topological polar surface area (TPSA) is 70.6 Å². The molecule has 0 atom stereocenters. The van der Waals surface area contributed by atoms with Gasteiger partial charge in [0.25, 0.3) is 0 Å². The third kappa shape index (κ3) is 5.68. The van der Waals surface area contributed by atoms with Crippen molar-refractivity contribution in [1.29, 1.82) is 0 Å². The predicted octanol–water partition coefficient (Wildman–Crippen LogP) is 3.06. The molecular weight excluding hydrogens is 302 g/mol. The van der Waals surface area contributed by atoms with Gasteiger partial charge in [0.15, 0.2) is 0 Å². The van der Waals surface area contributed by atoms with Crippen LogP contribution >= 0.6 is 0 Å². The Bertz CT molecular complexity index is 722. The van der Waals surface area contributed by atoms with Crippen molar-refractivity contribution in [2.45, 2.75) is 26.7 Å². The molecule has 24 heavy (non-hydrogen) atoms. The monoisotopic (exact) mass is 323 g/mol. The van der Waals surface area contributed by atoms with E-state index in [0.29, 0.717) is 12.1 Å². The summed E-state index contributed by atoms with van der Waals surface area (Å²) in [4.78, 5) is 23.6. The highest BCUT2D eigenvalue weighted by Gasteiger charge is 2.12. The van der Waals surface area contributed by atoms with Gasteiger partial charge in [-0.25, -0.2) is 5.43 Å². The molecule has 2 amide bonds. The molecule has 0 saturated carbocycles. The maximum absolute atomic E-state index is 11.8. The molecule has 0 heterocycles. The molecule has 0 bridgehead atoms. The van der Waals surface area contributed by atoms with Gasteiger partial charge in [-0.3, -0.25) is 9.59 Å². The lowest BCUT2D eigenvalue weighted by Crippen LogP contribution is -2.32. The normalized spacial score (nSPS) is 11.0. The fourth-order valence-electron chi connectivity index (χ4n) is 2.05. The van der Waals surface area contributed by atoms with Crippen LogP contribution in [0.1, 0.15) is 24.5 Å². The van der Waals surface area contributed by atoms with E-state index in [9.17, 15) is 9.59 Å². The average molecular weight is 323 g/mol. The van der Waals surface area contributed by atoms with Crippen molar-refractivity contribution in [1.82, 2.24) is 5.43 Å². The molecule has 5 heteroatoms. The van der Waals surface area contributed by atoms with Crippen LogP contribution in [-0.4, -0.2) is 17.5 Å². The fourth-order valence-corrected chi connectivity index (χ4v) is 2.05. The van der Waals surface area contributed by atoms with E-state index in [0.717, 1.165) is 17.7 Å². The number of hydrazone groups is 1. The largest absolute Gasteiger partial charge is 0.329 e. The van der Waals surface area contributed by atoms with Gasteiger partial charge < -0.3 is 5.32 Å². The molecule has 0 spiro atoms. The van der Waals surface area contributed by atoms with Crippen LogP contribution in [0, 0.1) is 6.92 Å². The van der Waals surface area contributed by atoms with Gasteiger partial charge in [0.05, 0.1) is 0 Å². The van der Waals surface area contributed by atoms with E-state index in [2.05, 4.69) is 15.8 Å². The van der Waals surface area contributed by atoms with Crippen molar-refractivity contribution >= 4 is 23.2 Å². The second kappa shape index (κ2) is 8.62. The molecule has 2 rings (SSSR count). The summed E-state index contributed by atoms with van der Waals surface area (Å²) in [6.07, 6.45) is 1.55. The molecule has 2 aromatic rings. The van der Waals surface area contributed by atoms with Crippen molar-refractivity contribution in [2.24, 2.45) is 5.10 Å². The highest BCUT2D eigenvalue weighted by atomic mass is 16.2. The molecule has 0 aliphatic rings. The van der Waals surface area contributed by atoms with Gasteiger partial charge in [-0.05, 0) is 44.4 Å². The SMILES string of the molecule is CC(CCc1ccccc1)=NNC(=O)C(=O)Nc1ccc(C)cc1. The summed E-state index contributed by atoms with van der Waals surface area (Å²) in [6.45, 7) is 3.77. The first-order valence-corrected chi connectivity index (χ1v) is 7.79. The summed E-state index contributed by atoms with van der Waals surface area (Å²) in [5, 5.41) is 6.50. The Hall–Kier alpha value is -2.95. The zero-order valence-corrected chi connectivity index (χ0v) is 13.9. The van der Waals surface area contributed by atoms with Crippen LogP contribution in [0.5, 0.6) is 0 Å². The zero-order chi connectivity index (χ0) is 17.4. The van der Waals surface area contributed by atoms with Crippen LogP contribution in [0.25, 0.3) is 0 Å². The third-order valence-electron chi connectivity index (χ3n) is 3.48. The molecule has 0 radical (unpaired) electrons. The zero-order valence-electron chi connectivity index (χ0n) is 13.9.